The molecule has 1 atom stereocenters. The van der Waals surface area contributed by atoms with Crippen molar-refractivity contribution in [3.05, 3.63) is 29.8 Å². The van der Waals surface area contributed by atoms with Crippen LogP contribution in [0.15, 0.2) is 24.3 Å². The van der Waals surface area contributed by atoms with E-state index in [1.165, 1.54) is 19.3 Å². The first kappa shape index (κ1) is 21.2. The fourth-order valence-corrected chi connectivity index (χ4v) is 7.98. The van der Waals surface area contributed by atoms with Crippen LogP contribution in [0.3, 0.4) is 0 Å². The number of carbonyl (C=O) groups excluding carboxylic acids is 3. The third-order valence-corrected chi connectivity index (χ3v) is 9.10. The van der Waals surface area contributed by atoms with E-state index in [2.05, 4.69) is 5.32 Å². The molecule has 1 unspecified atom stereocenters. The van der Waals surface area contributed by atoms with Crippen LogP contribution >= 0.6 is 0 Å². The molecule has 7 rings (SSSR count). The van der Waals surface area contributed by atoms with Crippen LogP contribution in [0.2, 0.25) is 0 Å². The first-order valence-corrected chi connectivity index (χ1v) is 13.0. The largest absolute Gasteiger partial charge is 0.350 e. The Morgan fingerprint density at radius 1 is 0.939 bits per heavy atom. The number of carbonyl (C=O) groups is 3. The van der Waals surface area contributed by atoms with Crippen LogP contribution in [-0.2, 0) is 20.9 Å². The third-order valence-electron chi connectivity index (χ3n) is 9.10. The van der Waals surface area contributed by atoms with Crippen LogP contribution in [0.4, 0.5) is 5.69 Å². The van der Waals surface area contributed by atoms with E-state index < -0.39 is 0 Å². The number of nitrogens with zero attached hydrogens (tertiary/aromatic N) is 2. The minimum absolute atomic E-state index is 0.0237. The molecule has 6 heteroatoms. The second-order valence-corrected chi connectivity index (χ2v) is 11.4. The van der Waals surface area contributed by atoms with Gasteiger partial charge in [0, 0.05) is 31.7 Å². The minimum atomic E-state index is -0.327. The lowest BCUT2D eigenvalue weighted by molar-refractivity contribution is -0.160. The summed E-state index contributed by atoms with van der Waals surface area (Å²) >= 11 is 0. The third kappa shape index (κ3) is 3.75. The summed E-state index contributed by atoms with van der Waals surface area (Å²) in [5.41, 5.74) is 1.76. The van der Waals surface area contributed by atoms with Gasteiger partial charge in [0.2, 0.25) is 17.7 Å². The average Bonchev–Trinajstić information content (AvgIpc) is 3.46. The Bertz CT molecular complexity index is 921. The van der Waals surface area contributed by atoms with Crippen LogP contribution in [0.5, 0.6) is 0 Å². The standard InChI is InChI=1S/C27H35N3O3/c31-24-4-2-9-29(24)22-7-5-18(6-8-22)17-28-25(32)23-3-1-10-30(23)26(33)27-14-19-11-20(15-27)13-21(12-19)16-27/h5-8,19-21,23H,1-4,9-17H2,(H,28,32). The number of hydrogen-bond donors (Lipinski definition) is 1. The Hall–Kier alpha value is -2.37. The van der Waals surface area contributed by atoms with Crippen LogP contribution in [-0.4, -0.2) is 41.8 Å². The molecule has 4 bridgehead atoms. The first-order chi connectivity index (χ1) is 16.0. The molecule has 0 radical (unpaired) electrons. The summed E-state index contributed by atoms with van der Waals surface area (Å²) in [6.07, 6.45) is 10.3. The Morgan fingerprint density at radius 3 is 2.21 bits per heavy atom. The van der Waals surface area contributed by atoms with E-state index in [1.807, 2.05) is 34.1 Å². The highest BCUT2D eigenvalue weighted by Crippen LogP contribution is 2.60. The summed E-state index contributed by atoms with van der Waals surface area (Å²) in [6.45, 7) is 1.95. The molecule has 6 aliphatic rings. The molecular formula is C27H35N3O3. The Labute approximate surface area is 196 Å². The van der Waals surface area contributed by atoms with E-state index in [4.69, 9.17) is 0 Å². The lowest BCUT2D eigenvalue weighted by atomic mass is 9.49. The predicted molar refractivity (Wildman–Crippen MR) is 125 cm³/mol. The van der Waals surface area contributed by atoms with Crippen molar-refractivity contribution < 1.29 is 14.4 Å². The number of likely N-dealkylation sites (tertiary alicyclic amines) is 1. The highest BCUT2D eigenvalue weighted by molar-refractivity contribution is 5.95. The van der Waals surface area contributed by atoms with Gasteiger partial charge in [0.25, 0.3) is 0 Å². The van der Waals surface area contributed by atoms with Crippen molar-refractivity contribution in [2.24, 2.45) is 23.2 Å². The number of anilines is 1. The second kappa shape index (κ2) is 8.14. The zero-order valence-electron chi connectivity index (χ0n) is 19.4. The molecule has 33 heavy (non-hydrogen) atoms. The van der Waals surface area contributed by atoms with Gasteiger partial charge in [0.05, 0.1) is 5.41 Å². The molecule has 2 heterocycles. The number of hydrogen-bond acceptors (Lipinski definition) is 3. The first-order valence-electron chi connectivity index (χ1n) is 13.0. The molecule has 6 nitrogen and oxygen atoms in total. The zero-order chi connectivity index (χ0) is 22.6. The van der Waals surface area contributed by atoms with Gasteiger partial charge < -0.3 is 15.1 Å². The van der Waals surface area contributed by atoms with E-state index in [1.54, 1.807) is 0 Å². The van der Waals surface area contributed by atoms with Crippen molar-refractivity contribution in [3.63, 3.8) is 0 Å². The maximum Gasteiger partial charge on any atom is 0.243 e. The van der Waals surface area contributed by atoms with Crippen LogP contribution in [0, 0.1) is 23.2 Å². The Balaban J connectivity index is 1.09. The lowest BCUT2D eigenvalue weighted by Gasteiger charge is -2.56. The van der Waals surface area contributed by atoms with Gasteiger partial charge in [-0.05, 0) is 93.2 Å². The van der Waals surface area contributed by atoms with Crippen molar-refractivity contribution in [1.82, 2.24) is 10.2 Å². The van der Waals surface area contributed by atoms with Gasteiger partial charge in [-0.15, -0.1) is 0 Å². The molecule has 2 saturated heterocycles. The quantitative estimate of drug-likeness (QED) is 0.746. The summed E-state index contributed by atoms with van der Waals surface area (Å²) < 4.78 is 0. The normalized spacial score (nSPS) is 34.8. The van der Waals surface area contributed by atoms with Crippen LogP contribution < -0.4 is 10.2 Å². The Kier molecular flexibility index (Phi) is 5.22. The SMILES string of the molecule is O=C(NCc1ccc(N2CCCC2=O)cc1)C1CCCN1C(=O)C12CC3CC(CC(C3)C1)C2. The molecule has 6 fully saturated rings. The molecule has 176 valence electrons. The fourth-order valence-electron chi connectivity index (χ4n) is 7.98. The Morgan fingerprint density at radius 2 is 1.61 bits per heavy atom. The number of rotatable bonds is 5. The van der Waals surface area contributed by atoms with E-state index in [0.29, 0.717) is 13.0 Å². The van der Waals surface area contributed by atoms with Gasteiger partial charge in [0.15, 0.2) is 0 Å². The van der Waals surface area contributed by atoms with E-state index in [9.17, 15) is 14.4 Å². The number of nitrogens with one attached hydrogen (secondary N) is 1. The lowest BCUT2D eigenvalue weighted by Crippen LogP contribution is -2.57. The van der Waals surface area contributed by atoms with Gasteiger partial charge in [-0.2, -0.15) is 0 Å². The molecule has 3 amide bonds. The van der Waals surface area contributed by atoms with Crippen molar-refractivity contribution in [2.45, 2.75) is 76.8 Å². The van der Waals surface area contributed by atoms with Crippen molar-refractivity contribution >= 4 is 23.4 Å². The molecule has 1 aromatic carbocycles. The highest BCUT2D eigenvalue weighted by atomic mass is 16.2. The van der Waals surface area contributed by atoms with Gasteiger partial charge in [-0.25, -0.2) is 0 Å². The van der Waals surface area contributed by atoms with Gasteiger partial charge >= 0.3 is 0 Å². The summed E-state index contributed by atoms with van der Waals surface area (Å²) in [6, 6.07) is 7.56. The summed E-state index contributed by atoms with van der Waals surface area (Å²) in [4.78, 5) is 42.6. The van der Waals surface area contributed by atoms with Crippen LogP contribution in [0.25, 0.3) is 0 Å². The molecule has 4 saturated carbocycles. The smallest absolute Gasteiger partial charge is 0.243 e. The van der Waals surface area contributed by atoms with Crippen molar-refractivity contribution in [1.29, 1.82) is 0 Å². The monoisotopic (exact) mass is 449 g/mol. The average molecular weight is 450 g/mol. The second-order valence-electron chi connectivity index (χ2n) is 11.4. The van der Waals surface area contributed by atoms with Crippen LogP contribution in [0.1, 0.15) is 69.8 Å². The summed E-state index contributed by atoms with van der Waals surface area (Å²) in [5, 5.41) is 3.08. The zero-order valence-corrected chi connectivity index (χ0v) is 19.4. The van der Waals surface area contributed by atoms with E-state index in [-0.39, 0.29) is 29.2 Å². The number of amides is 3. The van der Waals surface area contributed by atoms with Gasteiger partial charge in [0.1, 0.15) is 6.04 Å². The molecular weight excluding hydrogens is 414 g/mol. The maximum absolute atomic E-state index is 13.8. The number of benzene rings is 1. The minimum Gasteiger partial charge on any atom is -0.350 e. The molecule has 4 aliphatic carbocycles. The molecule has 1 N–H and O–H groups in total. The van der Waals surface area contributed by atoms with Gasteiger partial charge in [-0.3, -0.25) is 14.4 Å². The molecule has 0 aromatic heterocycles. The maximum atomic E-state index is 13.8. The molecule has 2 aliphatic heterocycles. The topological polar surface area (TPSA) is 69.7 Å². The summed E-state index contributed by atoms with van der Waals surface area (Å²) in [5.74, 6) is 2.63. The highest BCUT2D eigenvalue weighted by Gasteiger charge is 2.56. The van der Waals surface area contributed by atoms with E-state index >= 15 is 0 Å². The van der Waals surface area contributed by atoms with Gasteiger partial charge in [-0.1, -0.05) is 12.1 Å². The predicted octanol–water partition coefficient (Wildman–Crippen LogP) is 3.64. The fraction of sp³-hybridized carbons (Fsp3) is 0.667. The van der Waals surface area contributed by atoms with Crippen molar-refractivity contribution in [3.8, 4) is 0 Å². The summed E-state index contributed by atoms with van der Waals surface area (Å²) in [7, 11) is 0. The van der Waals surface area contributed by atoms with Crippen molar-refractivity contribution in [2.75, 3.05) is 18.0 Å². The molecule has 0 spiro atoms. The van der Waals surface area contributed by atoms with E-state index in [0.717, 1.165) is 80.6 Å². The molecule has 1 aromatic rings.